The number of esters is 1. The molecule has 1 amide bonds. The fourth-order valence-corrected chi connectivity index (χ4v) is 2.79. The highest BCUT2D eigenvalue weighted by Gasteiger charge is 2.30. The van der Waals surface area contributed by atoms with Gasteiger partial charge in [-0.3, -0.25) is 14.9 Å². The lowest BCUT2D eigenvalue weighted by atomic mass is 10.1. The molecule has 0 fully saturated rings. The van der Waals surface area contributed by atoms with E-state index >= 15 is 0 Å². The second-order valence-electron chi connectivity index (χ2n) is 6.69. The molecule has 0 saturated carbocycles. The summed E-state index contributed by atoms with van der Waals surface area (Å²) in [6, 6.07) is 6.50. The number of nitrogens with one attached hydrogen (secondary N) is 1. The summed E-state index contributed by atoms with van der Waals surface area (Å²) < 4.78 is 52.9. The molecule has 0 aliphatic rings. The average Bonchev–Trinajstić information content (AvgIpc) is 2.77. The van der Waals surface area contributed by atoms with E-state index in [1.165, 1.54) is 19.2 Å². The van der Waals surface area contributed by atoms with Gasteiger partial charge in [-0.05, 0) is 24.1 Å². The average molecular weight is 470 g/mol. The monoisotopic (exact) mass is 470 g/mol. The second kappa shape index (κ2) is 11.2. The van der Waals surface area contributed by atoms with E-state index in [-0.39, 0.29) is 42.5 Å². The van der Waals surface area contributed by atoms with Crippen molar-refractivity contribution in [1.29, 1.82) is 0 Å². The number of nitro groups is 1. The number of nitrogens with zero attached hydrogens (tertiary/aromatic N) is 1. The number of carbonyl (C=O) groups is 2. The van der Waals surface area contributed by atoms with Crippen molar-refractivity contribution in [2.45, 2.75) is 19.0 Å². The van der Waals surface area contributed by atoms with Crippen LogP contribution >= 0.6 is 0 Å². The molecule has 0 saturated heterocycles. The minimum Gasteiger partial charge on any atom is -0.493 e. The molecule has 0 heterocycles. The molecule has 0 aliphatic carbocycles. The summed E-state index contributed by atoms with van der Waals surface area (Å²) in [5.74, 6) is -1.17. The van der Waals surface area contributed by atoms with Crippen LogP contribution in [0.2, 0.25) is 0 Å². The van der Waals surface area contributed by atoms with Crippen molar-refractivity contribution in [3.8, 4) is 11.5 Å². The first-order valence-electron chi connectivity index (χ1n) is 9.57. The largest absolute Gasteiger partial charge is 0.493 e. The number of halogens is 3. The molecule has 1 N–H and O–H groups in total. The Bertz CT molecular complexity index is 1010. The summed E-state index contributed by atoms with van der Waals surface area (Å²) in [4.78, 5) is 34.2. The minimum atomic E-state index is -4.44. The van der Waals surface area contributed by atoms with Crippen molar-refractivity contribution in [2.24, 2.45) is 0 Å². The van der Waals surface area contributed by atoms with Gasteiger partial charge in [0.05, 0.1) is 43.8 Å². The highest BCUT2D eigenvalue weighted by atomic mass is 19.4. The molecule has 0 radical (unpaired) electrons. The molecule has 2 aromatic rings. The zero-order valence-electron chi connectivity index (χ0n) is 17.7. The van der Waals surface area contributed by atoms with Gasteiger partial charge in [0.2, 0.25) is 5.91 Å². The Morgan fingerprint density at radius 2 is 1.76 bits per heavy atom. The molecule has 9 nitrogen and oxygen atoms in total. The molecule has 0 bridgehead atoms. The minimum absolute atomic E-state index is 0.0423. The number of rotatable bonds is 10. The lowest BCUT2D eigenvalue weighted by molar-refractivity contribution is -0.385. The van der Waals surface area contributed by atoms with E-state index in [1.54, 1.807) is 0 Å². The summed E-state index contributed by atoms with van der Waals surface area (Å²) >= 11 is 0. The van der Waals surface area contributed by atoms with Gasteiger partial charge in [-0.15, -0.1) is 0 Å². The van der Waals surface area contributed by atoms with Gasteiger partial charge in [0.25, 0.3) is 5.69 Å². The fourth-order valence-electron chi connectivity index (χ4n) is 2.79. The summed E-state index contributed by atoms with van der Waals surface area (Å²) in [5, 5.41) is 13.8. The van der Waals surface area contributed by atoms with Crippen LogP contribution in [-0.4, -0.2) is 44.2 Å². The Morgan fingerprint density at radius 3 is 2.30 bits per heavy atom. The van der Waals surface area contributed by atoms with E-state index in [0.717, 1.165) is 31.4 Å². The van der Waals surface area contributed by atoms with Gasteiger partial charge in [-0.2, -0.15) is 13.2 Å². The van der Waals surface area contributed by atoms with Gasteiger partial charge < -0.3 is 19.5 Å². The fraction of sp³-hybridized carbons (Fsp3) is 0.333. The summed E-state index contributed by atoms with van der Waals surface area (Å²) in [5.41, 5.74) is -1.16. The van der Waals surface area contributed by atoms with Gasteiger partial charge in [0, 0.05) is 12.6 Å². The number of nitro benzene ring substituents is 1. The van der Waals surface area contributed by atoms with Crippen LogP contribution in [0.25, 0.3) is 0 Å². The van der Waals surface area contributed by atoms with Crippen LogP contribution in [0, 0.1) is 10.1 Å². The number of alkyl halides is 3. The van der Waals surface area contributed by atoms with Crippen LogP contribution in [0.1, 0.15) is 27.9 Å². The van der Waals surface area contributed by atoms with Crippen molar-refractivity contribution in [2.75, 3.05) is 27.4 Å². The number of hydrogen-bond donors (Lipinski definition) is 1. The Balaban J connectivity index is 1.88. The molecule has 0 unspecified atom stereocenters. The quantitative estimate of drug-likeness (QED) is 0.244. The van der Waals surface area contributed by atoms with Crippen LogP contribution < -0.4 is 14.8 Å². The van der Waals surface area contributed by atoms with Crippen molar-refractivity contribution < 1.29 is 41.9 Å². The first-order chi connectivity index (χ1) is 15.6. The van der Waals surface area contributed by atoms with E-state index < -0.39 is 28.3 Å². The highest BCUT2D eigenvalue weighted by molar-refractivity contribution is 5.95. The van der Waals surface area contributed by atoms with Crippen LogP contribution in [0.5, 0.6) is 11.5 Å². The van der Waals surface area contributed by atoms with Crippen molar-refractivity contribution in [1.82, 2.24) is 5.32 Å². The predicted octanol–water partition coefficient (Wildman–Crippen LogP) is 3.54. The Labute approximate surface area is 186 Å². The Morgan fingerprint density at radius 1 is 1.09 bits per heavy atom. The van der Waals surface area contributed by atoms with Crippen LogP contribution in [0.15, 0.2) is 36.4 Å². The molecule has 2 rings (SSSR count). The molecule has 12 heteroatoms. The number of carbonyl (C=O) groups excluding carboxylic acids is 2. The van der Waals surface area contributed by atoms with E-state index in [2.05, 4.69) is 10.1 Å². The number of ether oxygens (including phenoxy) is 3. The third-order valence-corrected chi connectivity index (χ3v) is 4.43. The van der Waals surface area contributed by atoms with E-state index in [1.807, 2.05) is 0 Å². The maximum Gasteiger partial charge on any atom is 0.416 e. The van der Waals surface area contributed by atoms with E-state index in [0.29, 0.717) is 12.0 Å². The predicted molar refractivity (Wildman–Crippen MR) is 109 cm³/mol. The van der Waals surface area contributed by atoms with Crippen molar-refractivity contribution in [3.05, 3.63) is 63.2 Å². The zero-order chi connectivity index (χ0) is 24.6. The lowest BCUT2D eigenvalue weighted by Gasteiger charge is -2.12. The number of amides is 1. The molecular weight excluding hydrogens is 449 g/mol. The third kappa shape index (κ3) is 7.09. The van der Waals surface area contributed by atoms with Crippen LogP contribution in [-0.2, 0) is 22.1 Å². The lowest BCUT2D eigenvalue weighted by Crippen LogP contribution is -2.27. The standard InChI is InChI=1S/C21H21F3N2O7/c1-31-17-12-16(26(29)30)15(20(28)32-2)11-18(17)33-9-3-8-25-19(27)10-13-4-6-14(7-5-13)21(22,23)24/h4-7,11-12H,3,8-10H2,1-2H3,(H,25,27). The molecule has 0 spiro atoms. The molecular formula is C21H21F3N2O7. The zero-order valence-corrected chi connectivity index (χ0v) is 17.7. The second-order valence-corrected chi connectivity index (χ2v) is 6.69. The number of benzene rings is 2. The molecule has 33 heavy (non-hydrogen) atoms. The van der Waals surface area contributed by atoms with E-state index in [4.69, 9.17) is 9.47 Å². The van der Waals surface area contributed by atoms with Gasteiger partial charge in [0.15, 0.2) is 11.5 Å². The molecule has 0 atom stereocenters. The van der Waals surface area contributed by atoms with Gasteiger partial charge >= 0.3 is 12.1 Å². The molecule has 2 aromatic carbocycles. The normalized spacial score (nSPS) is 10.9. The van der Waals surface area contributed by atoms with Crippen molar-refractivity contribution in [3.63, 3.8) is 0 Å². The van der Waals surface area contributed by atoms with Crippen LogP contribution in [0.3, 0.4) is 0 Å². The Kier molecular flexibility index (Phi) is 8.60. The van der Waals surface area contributed by atoms with Crippen LogP contribution in [0.4, 0.5) is 18.9 Å². The number of hydrogen-bond acceptors (Lipinski definition) is 7. The first-order valence-corrected chi connectivity index (χ1v) is 9.57. The summed E-state index contributed by atoms with van der Waals surface area (Å²) in [6.45, 7) is 0.286. The van der Waals surface area contributed by atoms with Gasteiger partial charge in [0.1, 0.15) is 5.56 Å². The summed E-state index contributed by atoms with van der Waals surface area (Å²) in [6.07, 6.45) is -4.19. The Hall–Kier alpha value is -3.83. The first kappa shape index (κ1) is 25.4. The third-order valence-electron chi connectivity index (χ3n) is 4.43. The SMILES string of the molecule is COC(=O)c1cc(OCCCNC(=O)Cc2ccc(C(F)(F)F)cc2)c(OC)cc1[N+](=O)[O-]. The number of methoxy groups -OCH3 is 2. The molecule has 0 aliphatic heterocycles. The topological polar surface area (TPSA) is 117 Å². The van der Waals surface area contributed by atoms with E-state index in [9.17, 15) is 32.9 Å². The molecule has 0 aromatic heterocycles. The van der Waals surface area contributed by atoms with Gasteiger partial charge in [-0.1, -0.05) is 12.1 Å². The maximum absolute atomic E-state index is 12.6. The summed E-state index contributed by atoms with van der Waals surface area (Å²) in [7, 11) is 2.37. The van der Waals surface area contributed by atoms with Gasteiger partial charge in [-0.25, -0.2) is 4.79 Å². The smallest absolute Gasteiger partial charge is 0.416 e. The molecule has 178 valence electrons. The highest BCUT2D eigenvalue weighted by Crippen LogP contribution is 2.35. The maximum atomic E-state index is 12.6. The van der Waals surface area contributed by atoms with Crippen molar-refractivity contribution >= 4 is 17.6 Å².